The Morgan fingerprint density at radius 1 is 1.07 bits per heavy atom. The van der Waals surface area contributed by atoms with Gasteiger partial charge in [0.05, 0.1) is 11.3 Å². The first-order valence-corrected chi connectivity index (χ1v) is 9.99. The summed E-state index contributed by atoms with van der Waals surface area (Å²) in [6.07, 6.45) is 3.19. The van der Waals surface area contributed by atoms with E-state index in [1.165, 1.54) is 8.96 Å². The Bertz CT molecular complexity index is 1090. The normalized spacial score (nSPS) is 18.1. The Morgan fingerprint density at radius 3 is 2.36 bits per heavy atom. The average Bonchev–Trinajstić information content (AvgIpc) is 3.07. The highest BCUT2D eigenvalue weighted by Gasteiger charge is 2.56. The molecule has 146 valence electrons. The molecule has 28 heavy (non-hydrogen) atoms. The fourth-order valence-electron chi connectivity index (χ4n) is 5.23. The Hall–Kier alpha value is -2.50. The fraction of sp³-hybridized carbons (Fsp3) is 0.364. The van der Waals surface area contributed by atoms with Crippen molar-refractivity contribution in [1.29, 1.82) is 0 Å². The van der Waals surface area contributed by atoms with Crippen LogP contribution in [0.3, 0.4) is 0 Å². The quantitative estimate of drug-likeness (QED) is 0.664. The minimum Gasteiger partial charge on any atom is -0.393 e. The SMILES string of the molecule is CCC1=C(C)C2=C(c3ccccn3)c3c(C)c(CC)c(C)n3[B-](F)(F)[N+]2=C1C. The molecule has 3 nitrogen and oxygen atoms in total. The number of hydrogen-bond acceptors (Lipinski definition) is 1. The number of fused-ring (bicyclic) bond motifs is 2. The van der Waals surface area contributed by atoms with Gasteiger partial charge in [0.1, 0.15) is 5.71 Å². The van der Waals surface area contributed by atoms with E-state index in [9.17, 15) is 0 Å². The summed E-state index contributed by atoms with van der Waals surface area (Å²) in [6.45, 7) is 7.65. The second-order valence-electron chi connectivity index (χ2n) is 7.70. The summed E-state index contributed by atoms with van der Waals surface area (Å²) in [5.41, 5.74) is 7.98. The lowest BCUT2D eigenvalue weighted by Crippen LogP contribution is -2.51. The predicted molar refractivity (Wildman–Crippen MR) is 111 cm³/mol. The van der Waals surface area contributed by atoms with Crippen LogP contribution in [0.1, 0.15) is 62.3 Å². The van der Waals surface area contributed by atoms with Gasteiger partial charge >= 0.3 is 6.97 Å². The lowest BCUT2D eigenvalue weighted by atomic mass is 9.85. The molecule has 2 aromatic rings. The van der Waals surface area contributed by atoms with Crippen LogP contribution in [0.5, 0.6) is 0 Å². The van der Waals surface area contributed by atoms with E-state index in [1.807, 2.05) is 59.7 Å². The van der Waals surface area contributed by atoms with Gasteiger partial charge in [0.25, 0.3) is 0 Å². The zero-order valence-electron chi connectivity index (χ0n) is 17.4. The third-order valence-corrected chi connectivity index (χ3v) is 6.42. The van der Waals surface area contributed by atoms with Crippen LogP contribution < -0.4 is 0 Å². The molecule has 0 N–H and O–H groups in total. The van der Waals surface area contributed by atoms with Crippen LogP contribution in [0.15, 0.2) is 41.2 Å². The first kappa shape index (κ1) is 18.8. The van der Waals surface area contributed by atoms with Crippen molar-refractivity contribution in [3.05, 3.63) is 69.4 Å². The van der Waals surface area contributed by atoms with Crippen LogP contribution in [0.25, 0.3) is 5.57 Å². The third kappa shape index (κ3) is 2.20. The van der Waals surface area contributed by atoms with E-state index in [0.717, 1.165) is 46.4 Å². The minimum absolute atomic E-state index is 0.619. The molecule has 2 aliphatic rings. The maximum atomic E-state index is 16.0. The predicted octanol–water partition coefficient (Wildman–Crippen LogP) is 5.27. The van der Waals surface area contributed by atoms with Crippen molar-refractivity contribution >= 4 is 18.3 Å². The molecule has 0 radical (unpaired) electrons. The van der Waals surface area contributed by atoms with Gasteiger partial charge in [-0.2, -0.15) is 0 Å². The number of rotatable bonds is 3. The summed E-state index contributed by atoms with van der Waals surface area (Å²) in [5, 5.41) is 0. The van der Waals surface area contributed by atoms with Gasteiger partial charge < -0.3 is 17.6 Å². The number of halogens is 2. The highest BCUT2D eigenvalue weighted by Crippen LogP contribution is 2.46. The summed E-state index contributed by atoms with van der Waals surface area (Å²) in [7, 11) is 0. The highest BCUT2D eigenvalue weighted by atomic mass is 19.2. The largest absolute Gasteiger partial charge is 0.737 e. The molecular weight excluding hydrogens is 355 g/mol. The molecule has 0 saturated heterocycles. The Morgan fingerprint density at radius 2 is 1.79 bits per heavy atom. The molecule has 0 bridgehead atoms. The van der Waals surface area contributed by atoms with Gasteiger partial charge in [-0.15, -0.1) is 0 Å². The van der Waals surface area contributed by atoms with Gasteiger partial charge in [-0.3, -0.25) is 4.98 Å². The monoisotopic (exact) mass is 381 g/mol. The van der Waals surface area contributed by atoms with E-state index < -0.39 is 6.97 Å². The Balaban J connectivity index is 2.23. The molecule has 0 amide bonds. The first-order valence-electron chi connectivity index (χ1n) is 9.99. The summed E-state index contributed by atoms with van der Waals surface area (Å²) in [5.74, 6) is 0. The molecule has 2 aliphatic heterocycles. The fourth-order valence-corrected chi connectivity index (χ4v) is 5.23. The molecule has 0 fully saturated rings. The average molecular weight is 381 g/mol. The van der Waals surface area contributed by atoms with Gasteiger partial charge in [-0.05, 0) is 62.6 Å². The maximum absolute atomic E-state index is 16.0. The molecule has 4 heterocycles. The Labute approximate surface area is 165 Å². The molecule has 0 aromatic carbocycles. The van der Waals surface area contributed by atoms with Crippen molar-refractivity contribution in [2.24, 2.45) is 0 Å². The van der Waals surface area contributed by atoms with E-state index in [0.29, 0.717) is 22.8 Å². The summed E-state index contributed by atoms with van der Waals surface area (Å²) >= 11 is 0. The molecular formula is C22H26BF2N3. The zero-order chi connectivity index (χ0) is 20.4. The summed E-state index contributed by atoms with van der Waals surface area (Å²) < 4.78 is 34.6. The van der Waals surface area contributed by atoms with Gasteiger partial charge in [0.2, 0.25) is 0 Å². The molecule has 0 aliphatic carbocycles. The number of allylic oxidation sites excluding steroid dienone is 2. The van der Waals surface area contributed by atoms with Gasteiger partial charge in [0.15, 0.2) is 5.70 Å². The van der Waals surface area contributed by atoms with Crippen LogP contribution >= 0.6 is 0 Å². The van der Waals surface area contributed by atoms with Gasteiger partial charge in [0, 0.05) is 30.0 Å². The van der Waals surface area contributed by atoms with Crippen LogP contribution in [-0.2, 0) is 6.42 Å². The minimum atomic E-state index is -3.97. The molecule has 4 rings (SSSR count). The molecule has 0 spiro atoms. The van der Waals surface area contributed by atoms with Gasteiger partial charge in [-0.1, -0.05) is 19.9 Å². The molecule has 6 heteroatoms. The second-order valence-corrected chi connectivity index (χ2v) is 7.70. The van der Waals surface area contributed by atoms with E-state index in [2.05, 4.69) is 4.98 Å². The van der Waals surface area contributed by atoms with E-state index in [-0.39, 0.29) is 0 Å². The van der Waals surface area contributed by atoms with Crippen molar-refractivity contribution in [3.63, 3.8) is 0 Å². The molecule has 0 unspecified atom stereocenters. The van der Waals surface area contributed by atoms with Crippen LogP contribution in [0.2, 0.25) is 0 Å². The van der Waals surface area contributed by atoms with Crippen molar-refractivity contribution < 1.29 is 13.1 Å². The van der Waals surface area contributed by atoms with Crippen molar-refractivity contribution in [1.82, 2.24) is 9.46 Å². The first-order chi connectivity index (χ1) is 13.3. The van der Waals surface area contributed by atoms with Crippen LogP contribution in [-0.4, -0.2) is 26.6 Å². The van der Waals surface area contributed by atoms with Crippen LogP contribution in [0.4, 0.5) is 8.63 Å². The Kier molecular flexibility index (Phi) is 4.21. The number of pyridine rings is 1. The lowest BCUT2D eigenvalue weighted by Gasteiger charge is -2.33. The number of nitrogens with zero attached hydrogens (tertiary/aromatic N) is 3. The molecule has 0 atom stereocenters. The number of aromatic nitrogens is 2. The second kappa shape index (κ2) is 6.26. The smallest absolute Gasteiger partial charge is 0.393 e. The van der Waals surface area contributed by atoms with E-state index in [4.69, 9.17) is 0 Å². The van der Waals surface area contributed by atoms with E-state index in [1.54, 1.807) is 6.20 Å². The van der Waals surface area contributed by atoms with Crippen molar-refractivity contribution in [3.8, 4) is 0 Å². The molecule has 2 aromatic heterocycles. The van der Waals surface area contributed by atoms with Gasteiger partial charge in [-0.25, -0.2) is 0 Å². The zero-order valence-corrected chi connectivity index (χ0v) is 17.4. The highest BCUT2D eigenvalue weighted by molar-refractivity contribution is 6.58. The third-order valence-electron chi connectivity index (χ3n) is 6.42. The standard InChI is InChI=1S/C22H26BF2N3/c1-7-17-13(3)21-20(19-11-9-10-12-26-19)22-14(4)18(8-2)16(6)28(22)23(24,25)27(21)15(17)5/h9-12H,7-8H2,1-6H3. The molecule has 0 saturated carbocycles. The summed E-state index contributed by atoms with van der Waals surface area (Å²) in [6, 6.07) is 5.69. The lowest BCUT2D eigenvalue weighted by molar-refractivity contribution is -0.363. The maximum Gasteiger partial charge on any atom is 0.737 e. The van der Waals surface area contributed by atoms with Crippen molar-refractivity contribution in [2.75, 3.05) is 0 Å². The topological polar surface area (TPSA) is 20.8 Å². The van der Waals surface area contributed by atoms with Crippen molar-refractivity contribution in [2.45, 2.75) is 54.4 Å². The van der Waals surface area contributed by atoms with E-state index >= 15 is 8.63 Å². The van der Waals surface area contributed by atoms with Crippen LogP contribution in [0, 0.1) is 13.8 Å². The number of hydrogen-bond donors (Lipinski definition) is 0. The summed E-state index contributed by atoms with van der Waals surface area (Å²) in [4.78, 5) is 4.56.